The van der Waals surface area contributed by atoms with Gasteiger partial charge in [0.1, 0.15) is 5.82 Å². The molecule has 0 amide bonds. The van der Waals surface area contributed by atoms with Crippen molar-refractivity contribution in [3.05, 3.63) is 48.2 Å². The first-order chi connectivity index (χ1) is 8.33. The summed E-state index contributed by atoms with van der Waals surface area (Å²) in [5.74, 6) is 1.11. The van der Waals surface area contributed by atoms with Gasteiger partial charge in [0.2, 0.25) is 0 Å². The van der Waals surface area contributed by atoms with Crippen LogP contribution in [0, 0.1) is 0 Å². The van der Waals surface area contributed by atoms with Gasteiger partial charge in [-0.3, -0.25) is 0 Å². The number of hydrogen-bond donors (Lipinski definition) is 1. The Balaban J connectivity index is 1.94. The molecule has 3 heteroatoms. The van der Waals surface area contributed by atoms with Gasteiger partial charge in [-0.25, -0.2) is 4.98 Å². The van der Waals surface area contributed by atoms with E-state index in [9.17, 15) is 0 Å². The highest BCUT2D eigenvalue weighted by Crippen LogP contribution is 2.28. The lowest BCUT2D eigenvalue weighted by Crippen LogP contribution is -2.24. The fourth-order valence-electron chi connectivity index (χ4n) is 1.98. The molecule has 2 aromatic rings. The van der Waals surface area contributed by atoms with Crippen molar-refractivity contribution in [1.82, 2.24) is 4.98 Å². The van der Waals surface area contributed by atoms with Gasteiger partial charge >= 0.3 is 0 Å². The third kappa shape index (κ3) is 2.01. The summed E-state index contributed by atoms with van der Waals surface area (Å²) in [4.78, 5) is 4.12. The minimum absolute atomic E-state index is 0.552. The first-order valence-electron chi connectivity index (χ1n) is 5.72. The van der Waals surface area contributed by atoms with E-state index < -0.39 is 0 Å². The molecular weight excluding hydrogens is 212 g/mol. The number of nitrogens with two attached hydrogens (primary N) is 1. The fourth-order valence-corrected chi connectivity index (χ4v) is 1.98. The highest BCUT2D eigenvalue weighted by atomic mass is 16.5. The molecule has 2 N–H and O–H groups in total. The molecular formula is C14H14N2O. The number of pyridine rings is 1. The molecule has 1 aromatic heterocycles. The smallest absolute Gasteiger partial charge is 0.123 e. The van der Waals surface area contributed by atoms with Gasteiger partial charge < -0.3 is 10.5 Å². The second-order valence-corrected chi connectivity index (χ2v) is 4.33. The maximum absolute atomic E-state index is 5.59. The van der Waals surface area contributed by atoms with Crippen LogP contribution in [0.2, 0.25) is 0 Å². The van der Waals surface area contributed by atoms with Crippen molar-refractivity contribution in [1.29, 1.82) is 0 Å². The predicted molar refractivity (Wildman–Crippen MR) is 67.6 cm³/mol. The Morgan fingerprint density at radius 3 is 2.65 bits per heavy atom. The van der Waals surface area contributed by atoms with E-state index in [4.69, 9.17) is 10.5 Å². The van der Waals surface area contributed by atoms with E-state index in [0.717, 1.165) is 18.8 Å². The zero-order valence-electron chi connectivity index (χ0n) is 9.47. The van der Waals surface area contributed by atoms with E-state index in [-0.39, 0.29) is 0 Å². The lowest BCUT2D eigenvalue weighted by Gasteiger charge is -2.26. The van der Waals surface area contributed by atoms with Gasteiger partial charge in [-0.15, -0.1) is 0 Å². The number of benzene rings is 1. The van der Waals surface area contributed by atoms with Gasteiger partial charge in [0.05, 0.1) is 13.2 Å². The van der Waals surface area contributed by atoms with Crippen LogP contribution in [0.15, 0.2) is 42.6 Å². The predicted octanol–water partition coefficient (Wildman–Crippen LogP) is 2.44. The first kappa shape index (κ1) is 10.3. The van der Waals surface area contributed by atoms with E-state index in [2.05, 4.69) is 29.2 Å². The van der Waals surface area contributed by atoms with Crippen molar-refractivity contribution in [2.45, 2.75) is 5.92 Å². The zero-order chi connectivity index (χ0) is 11.7. The number of rotatable bonds is 2. The molecule has 0 bridgehead atoms. The lowest BCUT2D eigenvalue weighted by atomic mass is 9.94. The lowest BCUT2D eigenvalue weighted by molar-refractivity contribution is 0.00844. The minimum Gasteiger partial charge on any atom is -0.384 e. The average Bonchev–Trinajstić information content (AvgIpc) is 2.28. The van der Waals surface area contributed by atoms with Crippen LogP contribution in [-0.4, -0.2) is 18.2 Å². The van der Waals surface area contributed by atoms with Gasteiger partial charge in [-0.1, -0.05) is 24.3 Å². The maximum Gasteiger partial charge on any atom is 0.123 e. The van der Waals surface area contributed by atoms with E-state index in [0.29, 0.717) is 11.7 Å². The summed E-state index contributed by atoms with van der Waals surface area (Å²) < 4.78 is 5.22. The Kier molecular flexibility index (Phi) is 2.53. The molecule has 86 valence electrons. The van der Waals surface area contributed by atoms with Gasteiger partial charge in [0.15, 0.2) is 0 Å². The van der Waals surface area contributed by atoms with Crippen LogP contribution >= 0.6 is 0 Å². The molecule has 0 radical (unpaired) electrons. The van der Waals surface area contributed by atoms with Crippen LogP contribution < -0.4 is 5.73 Å². The number of nitrogen functional groups attached to an aromatic ring is 1. The second-order valence-electron chi connectivity index (χ2n) is 4.33. The van der Waals surface area contributed by atoms with Crippen LogP contribution in [0.3, 0.4) is 0 Å². The Labute approximate surface area is 100 Å². The van der Waals surface area contributed by atoms with E-state index in [1.807, 2.05) is 18.3 Å². The Morgan fingerprint density at radius 1 is 1.12 bits per heavy atom. The summed E-state index contributed by atoms with van der Waals surface area (Å²) in [6, 6.07) is 12.4. The molecule has 1 fully saturated rings. The van der Waals surface area contributed by atoms with Crippen LogP contribution in [-0.2, 0) is 4.74 Å². The summed E-state index contributed by atoms with van der Waals surface area (Å²) >= 11 is 0. The summed E-state index contributed by atoms with van der Waals surface area (Å²) in [5.41, 5.74) is 9.21. The molecule has 0 unspecified atom stereocenters. The van der Waals surface area contributed by atoms with Crippen molar-refractivity contribution >= 4 is 5.82 Å². The third-order valence-corrected chi connectivity index (χ3v) is 3.12. The molecule has 0 spiro atoms. The van der Waals surface area contributed by atoms with Crippen molar-refractivity contribution < 1.29 is 4.74 Å². The Bertz CT molecular complexity index is 518. The zero-order valence-corrected chi connectivity index (χ0v) is 9.47. The third-order valence-electron chi connectivity index (χ3n) is 3.12. The number of nitrogens with zero attached hydrogens (tertiary/aromatic N) is 1. The number of ether oxygens (including phenoxy) is 1. The van der Waals surface area contributed by atoms with Gasteiger partial charge in [-0.2, -0.15) is 0 Å². The number of anilines is 1. The summed E-state index contributed by atoms with van der Waals surface area (Å²) in [7, 11) is 0. The fraction of sp³-hybridized carbons (Fsp3) is 0.214. The molecule has 0 saturated carbocycles. The topological polar surface area (TPSA) is 48.1 Å². The highest BCUT2D eigenvalue weighted by Gasteiger charge is 2.20. The van der Waals surface area contributed by atoms with Crippen LogP contribution in [0.5, 0.6) is 0 Å². The monoisotopic (exact) mass is 226 g/mol. The average molecular weight is 226 g/mol. The molecule has 3 nitrogen and oxygen atoms in total. The molecule has 17 heavy (non-hydrogen) atoms. The molecule has 0 aliphatic carbocycles. The highest BCUT2D eigenvalue weighted by molar-refractivity contribution is 5.64. The van der Waals surface area contributed by atoms with Crippen LogP contribution in [0.25, 0.3) is 11.1 Å². The van der Waals surface area contributed by atoms with Crippen molar-refractivity contribution in [2.24, 2.45) is 0 Å². The number of hydrogen-bond acceptors (Lipinski definition) is 3. The Morgan fingerprint density at radius 2 is 2.00 bits per heavy atom. The van der Waals surface area contributed by atoms with Gasteiger partial charge in [-0.05, 0) is 23.3 Å². The van der Waals surface area contributed by atoms with Crippen molar-refractivity contribution in [2.75, 3.05) is 18.9 Å². The molecule has 1 aliphatic heterocycles. The molecule has 3 rings (SSSR count). The minimum atomic E-state index is 0.552. The van der Waals surface area contributed by atoms with Gasteiger partial charge in [0.25, 0.3) is 0 Å². The summed E-state index contributed by atoms with van der Waals surface area (Å²) in [6.07, 6.45) is 1.81. The second kappa shape index (κ2) is 4.18. The normalized spacial score (nSPS) is 15.5. The van der Waals surface area contributed by atoms with Crippen LogP contribution in [0.4, 0.5) is 5.82 Å². The quantitative estimate of drug-likeness (QED) is 0.855. The van der Waals surface area contributed by atoms with E-state index in [1.54, 1.807) is 0 Å². The molecule has 1 saturated heterocycles. The van der Waals surface area contributed by atoms with E-state index in [1.165, 1.54) is 11.1 Å². The van der Waals surface area contributed by atoms with Crippen molar-refractivity contribution in [3.63, 3.8) is 0 Å². The molecule has 1 aromatic carbocycles. The first-order valence-corrected chi connectivity index (χ1v) is 5.72. The van der Waals surface area contributed by atoms with E-state index >= 15 is 0 Å². The Hall–Kier alpha value is -1.87. The molecule has 1 aliphatic rings. The van der Waals surface area contributed by atoms with Crippen molar-refractivity contribution in [3.8, 4) is 11.1 Å². The number of aromatic nitrogens is 1. The standard InChI is InChI=1S/C14H14N2O/c15-14-5-4-12(7-16-14)10-2-1-3-11(6-10)13-8-17-9-13/h1-7,13H,8-9H2,(H2,15,16). The van der Waals surface area contributed by atoms with Crippen LogP contribution in [0.1, 0.15) is 11.5 Å². The SMILES string of the molecule is Nc1ccc(-c2cccc(C3COC3)c2)cn1. The van der Waals surface area contributed by atoms with Gasteiger partial charge in [0, 0.05) is 17.7 Å². The largest absolute Gasteiger partial charge is 0.384 e. The molecule has 2 heterocycles. The maximum atomic E-state index is 5.59. The molecule has 0 atom stereocenters. The summed E-state index contributed by atoms with van der Waals surface area (Å²) in [6.45, 7) is 1.67. The summed E-state index contributed by atoms with van der Waals surface area (Å²) in [5, 5.41) is 0.